The molecule has 0 aromatic heterocycles. The van der Waals surface area contributed by atoms with Gasteiger partial charge in [0.15, 0.2) is 17.4 Å². The van der Waals surface area contributed by atoms with Crippen molar-refractivity contribution in [3.05, 3.63) is 35.4 Å². The Morgan fingerprint density at radius 1 is 1.30 bits per heavy atom. The van der Waals surface area contributed by atoms with E-state index in [1.54, 1.807) is 7.11 Å². The van der Waals surface area contributed by atoms with E-state index in [-0.39, 0.29) is 12.2 Å². The summed E-state index contributed by atoms with van der Waals surface area (Å²) in [6.07, 6.45) is 3.40. The van der Waals surface area contributed by atoms with E-state index >= 15 is 0 Å². The molecule has 0 unspecified atom stereocenters. The third-order valence-corrected chi connectivity index (χ3v) is 4.33. The minimum absolute atomic E-state index is 0.0436. The standard InChI is InChI=1S/C16H20F2O2/c1-11-5-7-16(20-2,8-6-11)15(19)10-12-3-4-13(17)14(18)9-12/h3-4,9,11H,5-8,10H2,1-2H3. The highest BCUT2D eigenvalue weighted by Crippen LogP contribution is 2.35. The molecule has 1 saturated carbocycles. The van der Waals surface area contributed by atoms with E-state index in [2.05, 4.69) is 6.92 Å². The second-order valence-electron chi connectivity index (χ2n) is 5.73. The quantitative estimate of drug-likeness (QED) is 0.842. The minimum atomic E-state index is -0.918. The van der Waals surface area contributed by atoms with Crippen molar-refractivity contribution < 1.29 is 18.3 Å². The summed E-state index contributed by atoms with van der Waals surface area (Å²) >= 11 is 0. The number of carbonyl (C=O) groups excluding carboxylic acids is 1. The first-order valence-electron chi connectivity index (χ1n) is 6.99. The van der Waals surface area contributed by atoms with Crippen LogP contribution < -0.4 is 0 Å². The molecule has 1 aliphatic carbocycles. The number of hydrogen-bond acceptors (Lipinski definition) is 2. The van der Waals surface area contributed by atoms with Crippen molar-refractivity contribution in [1.82, 2.24) is 0 Å². The highest BCUT2D eigenvalue weighted by molar-refractivity contribution is 5.89. The zero-order valence-corrected chi connectivity index (χ0v) is 11.9. The van der Waals surface area contributed by atoms with Gasteiger partial charge in [-0.2, -0.15) is 0 Å². The molecule has 1 aliphatic rings. The van der Waals surface area contributed by atoms with Crippen LogP contribution >= 0.6 is 0 Å². The molecule has 0 N–H and O–H groups in total. The van der Waals surface area contributed by atoms with Crippen LogP contribution in [-0.4, -0.2) is 18.5 Å². The molecule has 2 nitrogen and oxygen atoms in total. The van der Waals surface area contributed by atoms with Crippen LogP contribution in [0.3, 0.4) is 0 Å². The number of Topliss-reactive ketones (excluding diaryl/α,β-unsaturated/α-hetero) is 1. The Bertz CT molecular complexity index is 491. The van der Waals surface area contributed by atoms with Gasteiger partial charge in [-0.1, -0.05) is 13.0 Å². The lowest BCUT2D eigenvalue weighted by molar-refractivity contribution is -0.145. The van der Waals surface area contributed by atoms with Crippen LogP contribution in [0.1, 0.15) is 38.2 Å². The number of ether oxygens (including phenoxy) is 1. The fourth-order valence-corrected chi connectivity index (χ4v) is 2.82. The Hall–Kier alpha value is -1.29. The van der Waals surface area contributed by atoms with Crippen LogP contribution in [0.15, 0.2) is 18.2 Å². The van der Waals surface area contributed by atoms with Crippen molar-refractivity contribution in [2.75, 3.05) is 7.11 Å². The smallest absolute Gasteiger partial charge is 0.168 e. The van der Waals surface area contributed by atoms with Gasteiger partial charge in [0.05, 0.1) is 0 Å². The SMILES string of the molecule is COC1(C(=O)Cc2ccc(F)c(F)c2)CCC(C)CC1. The third kappa shape index (κ3) is 3.06. The highest BCUT2D eigenvalue weighted by atomic mass is 19.2. The Labute approximate surface area is 118 Å². The second-order valence-corrected chi connectivity index (χ2v) is 5.73. The number of ketones is 1. The lowest BCUT2D eigenvalue weighted by atomic mass is 9.76. The van der Waals surface area contributed by atoms with Gasteiger partial charge >= 0.3 is 0 Å². The summed E-state index contributed by atoms with van der Waals surface area (Å²) in [5.74, 6) is -1.25. The maximum Gasteiger partial charge on any atom is 0.168 e. The molecule has 0 radical (unpaired) electrons. The maximum atomic E-state index is 13.2. The first kappa shape index (κ1) is 15.1. The molecule has 0 atom stereocenters. The van der Waals surface area contributed by atoms with Crippen molar-refractivity contribution in [3.63, 3.8) is 0 Å². The van der Waals surface area contributed by atoms with Gasteiger partial charge in [-0.3, -0.25) is 4.79 Å². The average molecular weight is 282 g/mol. The molecular weight excluding hydrogens is 262 g/mol. The Morgan fingerprint density at radius 2 is 1.95 bits per heavy atom. The number of methoxy groups -OCH3 is 1. The highest BCUT2D eigenvalue weighted by Gasteiger charge is 2.40. The maximum absolute atomic E-state index is 13.2. The molecule has 0 bridgehead atoms. The number of rotatable bonds is 4. The van der Waals surface area contributed by atoms with Gasteiger partial charge in [0.2, 0.25) is 0 Å². The second kappa shape index (κ2) is 6.00. The van der Waals surface area contributed by atoms with E-state index < -0.39 is 17.2 Å². The lowest BCUT2D eigenvalue weighted by Crippen LogP contribution is -2.44. The molecule has 1 fully saturated rings. The molecule has 0 saturated heterocycles. The van der Waals surface area contributed by atoms with Crippen molar-refractivity contribution in [2.45, 2.75) is 44.6 Å². The van der Waals surface area contributed by atoms with Crippen LogP contribution in [0.4, 0.5) is 8.78 Å². The predicted octanol–water partition coefficient (Wildman–Crippen LogP) is 3.67. The first-order chi connectivity index (χ1) is 9.47. The summed E-state index contributed by atoms with van der Waals surface area (Å²) in [5.41, 5.74) is -0.263. The van der Waals surface area contributed by atoms with E-state index in [9.17, 15) is 13.6 Å². The predicted molar refractivity (Wildman–Crippen MR) is 72.4 cm³/mol. The zero-order chi connectivity index (χ0) is 14.8. The summed E-state index contributed by atoms with van der Waals surface area (Å²) in [5, 5.41) is 0. The molecule has 20 heavy (non-hydrogen) atoms. The summed E-state index contributed by atoms with van der Waals surface area (Å²) in [7, 11) is 1.55. The number of carbonyl (C=O) groups is 1. The summed E-state index contributed by atoms with van der Waals surface area (Å²) in [6.45, 7) is 2.17. The normalized spacial score (nSPS) is 26.5. The van der Waals surface area contributed by atoms with Crippen LogP contribution in [0, 0.1) is 17.6 Å². The summed E-state index contributed by atoms with van der Waals surface area (Å²) < 4.78 is 31.6. The first-order valence-corrected chi connectivity index (χ1v) is 6.99. The van der Waals surface area contributed by atoms with Crippen LogP contribution in [0.5, 0.6) is 0 Å². The molecule has 110 valence electrons. The fraction of sp³-hybridized carbons (Fsp3) is 0.562. The molecule has 0 aliphatic heterocycles. The monoisotopic (exact) mass is 282 g/mol. The number of hydrogen-bond donors (Lipinski definition) is 0. The lowest BCUT2D eigenvalue weighted by Gasteiger charge is -2.37. The van der Waals surface area contributed by atoms with Crippen molar-refractivity contribution in [1.29, 1.82) is 0 Å². The Morgan fingerprint density at radius 3 is 2.50 bits per heavy atom. The van der Waals surface area contributed by atoms with Gasteiger partial charge in [0.25, 0.3) is 0 Å². The minimum Gasteiger partial charge on any atom is -0.370 e. The van der Waals surface area contributed by atoms with Gasteiger partial charge in [-0.05, 0) is 49.3 Å². The molecular formula is C16H20F2O2. The molecule has 0 heterocycles. The molecule has 1 aromatic rings. The molecule has 0 spiro atoms. The van der Waals surface area contributed by atoms with Gasteiger partial charge in [-0.15, -0.1) is 0 Å². The van der Waals surface area contributed by atoms with E-state index in [1.807, 2.05) is 0 Å². The van der Waals surface area contributed by atoms with Crippen LogP contribution in [0.2, 0.25) is 0 Å². The Balaban J connectivity index is 2.11. The molecule has 4 heteroatoms. The largest absolute Gasteiger partial charge is 0.370 e. The third-order valence-electron chi connectivity index (χ3n) is 4.33. The fourth-order valence-electron chi connectivity index (χ4n) is 2.82. The van der Waals surface area contributed by atoms with E-state index in [4.69, 9.17) is 4.74 Å². The van der Waals surface area contributed by atoms with Gasteiger partial charge in [0.1, 0.15) is 5.60 Å². The average Bonchev–Trinajstić information content (AvgIpc) is 2.44. The van der Waals surface area contributed by atoms with Gasteiger partial charge in [-0.25, -0.2) is 8.78 Å². The van der Waals surface area contributed by atoms with E-state index in [1.165, 1.54) is 6.07 Å². The van der Waals surface area contributed by atoms with Crippen molar-refractivity contribution in [3.8, 4) is 0 Å². The van der Waals surface area contributed by atoms with Crippen molar-refractivity contribution >= 4 is 5.78 Å². The van der Waals surface area contributed by atoms with Crippen molar-refractivity contribution in [2.24, 2.45) is 5.92 Å². The topological polar surface area (TPSA) is 26.3 Å². The molecule has 1 aromatic carbocycles. The van der Waals surface area contributed by atoms with E-state index in [0.29, 0.717) is 24.3 Å². The van der Waals surface area contributed by atoms with Crippen LogP contribution in [0.25, 0.3) is 0 Å². The molecule has 2 rings (SSSR count). The van der Waals surface area contributed by atoms with Gasteiger partial charge in [0, 0.05) is 13.5 Å². The number of halogens is 2. The number of benzene rings is 1. The zero-order valence-electron chi connectivity index (χ0n) is 11.9. The summed E-state index contributed by atoms with van der Waals surface area (Å²) in [4.78, 5) is 12.5. The van der Waals surface area contributed by atoms with E-state index in [0.717, 1.165) is 25.0 Å². The summed E-state index contributed by atoms with van der Waals surface area (Å²) in [6, 6.07) is 3.59. The van der Waals surface area contributed by atoms with Crippen LogP contribution in [-0.2, 0) is 16.0 Å². The Kier molecular flexibility index (Phi) is 4.53. The van der Waals surface area contributed by atoms with Gasteiger partial charge < -0.3 is 4.74 Å². The molecule has 0 amide bonds.